The van der Waals surface area contributed by atoms with E-state index < -0.39 is 0 Å². The topological polar surface area (TPSA) is 71.5 Å². The quantitative estimate of drug-likeness (QED) is 0.580. The first kappa shape index (κ1) is 22.9. The number of fused-ring (bicyclic) bond motifs is 1. The molecule has 0 radical (unpaired) electrons. The molecule has 0 bridgehead atoms. The van der Waals surface area contributed by atoms with Gasteiger partial charge in [0.15, 0.2) is 0 Å². The molecule has 4 rings (SSSR count). The molecule has 1 atom stereocenters. The third kappa shape index (κ3) is 5.22. The minimum absolute atomic E-state index is 0.0370. The summed E-state index contributed by atoms with van der Waals surface area (Å²) in [5, 5.41) is 5.23. The number of halogens is 1. The van der Waals surface area contributed by atoms with E-state index in [0.29, 0.717) is 23.0 Å². The molecule has 1 aliphatic heterocycles. The van der Waals surface area contributed by atoms with Gasteiger partial charge in [-0.2, -0.15) is 0 Å². The number of thiazole rings is 1. The number of carbonyl (C=O) groups excluding carboxylic acids is 2. The van der Waals surface area contributed by atoms with Crippen LogP contribution in [0, 0.1) is 5.82 Å². The lowest BCUT2D eigenvalue weighted by molar-refractivity contribution is -0.130. The highest BCUT2D eigenvalue weighted by molar-refractivity contribution is 7.09. The summed E-state index contributed by atoms with van der Waals surface area (Å²) in [5.74, 6) is 0.0281. The highest BCUT2D eigenvalue weighted by Crippen LogP contribution is 2.37. The summed E-state index contributed by atoms with van der Waals surface area (Å²) in [6.07, 6.45) is 0.724. The predicted molar refractivity (Wildman–Crippen MR) is 125 cm³/mol. The molecule has 0 aliphatic carbocycles. The average Bonchev–Trinajstić information content (AvgIpc) is 3.25. The summed E-state index contributed by atoms with van der Waals surface area (Å²) in [5.41, 5.74) is 3.14. The van der Waals surface area contributed by atoms with Crippen molar-refractivity contribution in [2.45, 2.75) is 45.9 Å². The van der Waals surface area contributed by atoms with Gasteiger partial charge in [-0.1, -0.05) is 18.2 Å². The molecule has 1 aromatic heterocycles. The van der Waals surface area contributed by atoms with Crippen LogP contribution in [0.25, 0.3) is 0 Å². The maximum absolute atomic E-state index is 14.0. The lowest BCUT2D eigenvalue weighted by Crippen LogP contribution is -2.39. The van der Waals surface area contributed by atoms with Gasteiger partial charge in [0.05, 0.1) is 6.04 Å². The van der Waals surface area contributed by atoms with Gasteiger partial charge in [-0.25, -0.2) is 9.37 Å². The molecule has 33 heavy (non-hydrogen) atoms. The van der Waals surface area contributed by atoms with Crippen molar-refractivity contribution >= 4 is 23.2 Å². The summed E-state index contributed by atoms with van der Waals surface area (Å²) >= 11 is 1.36. The molecule has 2 heterocycles. The van der Waals surface area contributed by atoms with Crippen molar-refractivity contribution in [3.8, 4) is 5.75 Å². The van der Waals surface area contributed by atoms with Crippen molar-refractivity contribution in [1.29, 1.82) is 0 Å². The Morgan fingerprint density at radius 3 is 2.82 bits per heavy atom. The molecule has 0 saturated carbocycles. The molecule has 3 aromatic rings. The first-order valence-electron chi connectivity index (χ1n) is 10.9. The fourth-order valence-electron chi connectivity index (χ4n) is 4.02. The number of hydrogen-bond donors (Lipinski definition) is 1. The molecule has 8 heteroatoms. The van der Waals surface area contributed by atoms with E-state index in [9.17, 15) is 14.0 Å². The van der Waals surface area contributed by atoms with Crippen molar-refractivity contribution in [3.05, 3.63) is 81.1 Å². The number of benzene rings is 2. The van der Waals surface area contributed by atoms with Crippen molar-refractivity contribution in [1.82, 2.24) is 15.2 Å². The first-order chi connectivity index (χ1) is 15.8. The van der Waals surface area contributed by atoms with Crippen LogP contribution in [-0.2, 0) is 17.8 Å². The smallest absolute Gasteiger partial charge is 0.270 e. The van der Waals surface area contributed by atoms with E-state index in [4.69, 9.17) is 4.74 Å². The molecule has 0 fully saturated rings. The Bertz CT molecular complexity index is 1180. The normalized spacial score (nSPS) is 15.3. The number of aromatic nitrogens is 1. The first-order valence-corrected chi connectivity index (χ1v) is 11.7. The van der Waals surface area contributed by atoms with E-state index in [1.807, 2.05) is 38.1 Å². The highest BCUT2D eigenvalue weighted by atomic mass is 32.1. The Morgan fingerprint density at radius 1 is 1.27 bits per heavy atom. The monoisotopic (exact) mass is 467 g/mol. The minimum atomic E-state index is -0.378. The fraction of sp³-hybridized carbons (Fsp3) is 0.320. The van der Waals surface area contributed by atoms with Gasteiger partial charge < -0.3 is 15.0 Å². The second kappa shape index (κ2) is 9.70. The van der Waals surface area contributed by atoms with Crippen molar-refractivity contribution < 1.29 is 18.7 Å². The van der Waals surface area contributed by atoms with E-state index in [-0.39, 0.29) is 36.3 Å². The van der Waals surface area contributed by atoms with Crippen LogP contribution in [0.3, 0.4) is 0 Å². The van der Waals surface area contributed by atoms with Crippen LogP contribution in [0.2, 0.25) is 0 Å². The SMILES string of the molecule is CC(=O)N1CCc2ccc(OCc3nc(C(=O)NC(C)C)cs3)cc2[C@H]1c1cccc(F)c1. The fourth-order valence-corrected chi connectivity index (χ4v) is 4.71. The maximum Gasteiger partial charge on any atom is 0.270 e. The Kier molecular flexibility index (Phi) is 6.74. The zero-order valence-electron chi connectivity index (χ0n) is 18.8. The highest BCUT2D eigenvalue weighted by Gasteiger charge is 2.31. The Labute approximate surface area is 196 Å². The second-order valence-corrected chi connectivity index (χ2v) is 9.27. The molecule has 1 aliphatic rings. The molecule has 2 aromatic carbocycles. The molecule has 6 nitrogen and oxygen atoms in total. The number of amides is 2. The molecule has 1 N–H and O–H groups in total. The van der Waals surface area contributed by atoms with Gasteiger partial charge in [-0.15, -0.1) is 11.3 Å². The Balaban J connectivity index is 1.56. The van der Waals surface area contributed by atoms with Gasteiger partial charge in [0, 0.05) is 24.9 Å². The summed E-state index contributed by atoms with van der Waals surface area (Å²) in [6, 6.07) is 11.8. The number of carbonyl (C=O) groups is 2. The van der Waals surface area contributed by atoms with E-state index in [0.717, 1.165) is 23.1 Å². The van der Waals surface area contributed by atoms with Gasteiger partial charge in [0.2, 0.25) is 5.91 Å². The molecule has 2 amide bonds. The van der Waals surface area contributed by atoms with Crippen LogP contribution < -0.4 is 10.1 Å². The van der Waals surface area contributed by atoms with Crippen molar-refractivity contribution in [2.75, 3.05) is 6.54 Å². The number of rotatable bonds is 6. The zero-order chi connectivity index (χ0) is 23.5. The van der Waals surface area contributed by atoms with Gasteiger partial charge in [0.25, 0.3) is 5.91 Å². The Hall–Kier alpha value is -3.26. The molecular weight excluding hydrogens is 441 g/mol. The lowest BCUT2D eigenvalue weighted by atomic mass is 9.88. The van der Waals surface area contributed by atoms with Crippen molar-refractivity contribution in [3.63, 3.8) is 0 Å². The predicted octanol–water partition coefficient (Wildman–Crippen LogP) is 4.49. The molecule has 0 unspecified atom stereocenters. The largest absolute Gasteiger partial charge is 0.486 e. The van der Waals surface area contributed by atoms with Crippen LogP contribution in [-0.4, -0.2) is 34.3 Å². The standard InChI is InChI=1S/C25H26FN3O3S/c1-15(2)27-25(31)22-14-33-23(28-22)13-32-20-8-7-17-9-10-29(16(3)30)24(21(17)12-20)18-5-4-6-19(26)11-18/h4-8,11-12,14-15,24H,9-10,13H2,1-3H3,(H,27,31)/t24-/m1/s1. The van der Waals surface area contributed by atoms with E-state index in [2.05, 4.69) is 10.3 Å². The number of nitrogens with one attached hydrogen (secondary N) is 1. The maximum atomic E-state index is 14.0. The zero-order valence-corrected chi connectivity index (χ0v) is 19.6. The van der Waals surface area contributed by atoms with Crippen LogP contribution in [0.1, 0.15) is 59.0 Å². The molecule has 0 spiro atoms. The van der Waals surface area contributed by atoms with Gasteiger partial charge in [0.1, 0.15) is 28.9 Å². The van der Waals surface area contributed by atoms with Crippen LogP contribution in [0.15, 0.2) is 47.8 Å². The number of ether oxygens (including phenoxy) is 1. The van der Waals surface area contributed by atoms with Gasteiger partial charge >= 0.3 is 0 Å². The third-order valence-electron chi connectivity index (χ3n) is 5.48. The van der Waals surface area contributed by atoms with Crippen LogP contribution in [0.5, 0.6) is 5.75 Å². The molecule has 0 saturated heterocycles. The summed E-state index contributed by atoms with van der Waals surface area (Å²) < 4.78 is 20.0. The van der Waals surface area contributed by atoms with Gasteiger partial charge in [-0.3, -0.25) is 9.59 Å². The Morgan fingerprint density at radius 2 is 2.09 bits per heavy atom. The van der Waals surface area contributed by atoms with Crippen LogP contribution in [0.4, 0.5) is 4.39 Å². The van der Waals surface area contributed by atoms with Crippen LogP contribution >= 0.6 is 11.3 Å². The number of hydrogen-bond acceptors (Lipinski definition) is 5. The second-order valence-electron chi connectivity index (χ2n) is 8.32. The van der Waals surface area contributed by atoms with Gasteiger partial charge in [-0.05, 0) is 61.2 Å². The van der Waals surface area contributed by atoms with E-state index >= 15 is 0 Å². The van der Waals surface area contributed by atoms with Crippen molar-refractivity contribution in [2.24, 2.45) is 0 Å². The van der Waals surface area contributed by atoms with E-state index in [1.165, 1.54) is 30.4 Å². The lowest BCUT2D eigenvalue weighted by Gasteiger charge is -2.37. The number of nitrogens with zero attached hydrogens (tertiary/aromatic N) is 2. The third-order valence-corrected chi connectivity index (χ3v) is 6.30. The summed E-state index contributed by atoms with van der Waals surface area (Å²) in [4.78, 5) is 30.6. The van der Waals surface area contributed by atoms with E-state index in [1.54, 1.807) is 16.3 Å². The molecule has 172 valence electrons. The summed E-state index contributed by atoms with van der Waals surface area (Å²) in [7, 11) is 0. The summed E-state index contributed by atoms with van der Waals surface area (Å²) in [6.45, 7) is 6.13. The molecular formula is C25H26FN3O3S. The average molecular weight is 468 g/mol. The minimum Gasteiger partial charge on any atom is -0.486 e.